The van der Waals surface area contributed by atoms with Gasteiger partial charge in [0.05, 0.1) is 13.2 Å². The lowest BCUT2D eigenvalue weighted by Crippen LogP contribution is -2.41. The highest BCUT2D eigenvalue weighted by Gasteiger charge is 2.15. The summed E-state index contributed by atoms with van der Waals surface area (Å²) in [4.78, 5) is 13.8. The van der Waals surface area contributed by atoms with Crippen LogP contribution in [0, 0.1) is 6.92 Å². The maximum atomic E-state index is 11.9. The predicted octanol–water partition coefficient (Wildman–Crippen LogP) is 2.10. The molecular formula is C15H21BrN2O2. The highest BCUT2D eigenvalue weighted by Crippen LogP contribution is 2.17. The molecule has 2 rings (SSSR count). The van der Waals surface area contributed by atoms with Gasteiger partial charge in [0, 0.05) is 37.1 Å². The number of benzene rings is 1. The maximum Gasteiger partial charge on any atom is 0.224 e. The van der Waals surface area contributed by atoms with Crippen LogP contribution in [0.1, 0.15) is 17.5 Å². The van der Waals surface area contributed by atoms with Crippen molar-refractivity contribution >= 4 is 21.8 Å². The molecule has 0 aromatic heterocycles. The van der Waals surface area contributed by atoms with Gasteiger partial charge in [-0.3, -0.25) is 4.79 Å². The Morgan fingerprint density at radius 1 is 1.40 bits per heavy atom. The number of nitrogens with one attached hydrogen (secondary N) is 1. The normalized spacial score (nSPS) is 15.4. The number of morpholine rings is 1. The van der Waals surface area contributed by atoms with Gasteiger partial charge >= 0.3 is 0 Å². The van der Waals surface area contributed by atoms with E-state index in [0.717, 1.165) is 24.1 Å². The molecule has 110 valence electrons. The molecule has 0 aliphatic carbocycles. The molecule has 1 aliphatic heterocycles. The summed E-state index contributed by atoms with van der Waals surface area (Å²) < 4.78 is 6.37. The van der Waals surface area contributed by atoms with E-state index in [1.54, 1.807) is 0 Å². The molecular weight excluding hydrogens is 320 g/mol. The highest BCUT2D eigenvalue weighted by atomic mass is 79.9. The van der Waals surface area contributed by atoms with Crippen molar-refractivity contribution in [2.24, 2.45) is 0 Å². The third-order valence-corrected chi connectivity index (χ3v) is 4.30. The van der Waals surface area contributed by atoms with Crippen molar-refractivity contribution in [2.45, 2.75) is 19.9 Å². The van der Waals surface area contributed by atoms with Crippen LogP contribution in [-0.2, 0) is 16.1 Å². The predicted molar refractivity (Wildman–Crippen MR) is 82.6 cm³/mol. The first kappa shape index (κ1) is 15.5. The fraction of sp³-hybridized carbons (Fsp3) is 0.533. The summed E-state index contributed by atoms with van der Waals surface area (Å²) in [5.74, 6) is 0.214. The molecule has 1 amide bonds. The van der Waals surface area contributed by atoms with Crippen LogP contribution in [0.25, 0.3) is 0 Å². The van der Waals surface area contributed by atoms with Crippen LogP contribution in [0.2, 0.25) is 0 Å². The lowest BCUT2D eigenvalue weighted by atomic mass is 10.1. The first-order valence-corrected chi connectivity index (χ1v) is 7.77. The smallest absolute Gasteiger partial charge is 0.224 e. The summed E-state index contributed by atoms with van der Waals surface area (Å²) in [7, 11) is 0. The minimum absolute atomic E-state index is 0.214. The standard InChI is InChI=1S/C15H21BrN2O2/c1-12-2-3-13(10-14(12)16)11-17-5-4-15(19)18-6-8-20-9-7-18/h2-3,10,17H,4-9,11H2,1H3. The van der Waals surface area contributed by atoms with Crippen LogP contribution in [0.5, 0.6) is 0 Å². The third kappa shape index (κ3) is 4.58. The number of hydrogen-bond donors (Lipinski definition) is 1. The lowest BCUT2D eigenvalue weighted by Gasteiger charge is -2.26. The van der Waals surface area contributed by atoms with Crippen LogP contribution in [-0.4, -0.2) is 43.7 Å². The monoisotopic (exact) mass is 340 g/mol. The zero-order valence-electron chi connectivity index (χ0n) is 11.8. The molecule has 5 heteroatoms. The van der Waals surface area contributed by atoms with Crippen LogP contribution in [0.4, 0.5) is 0 Å². The van der Waals surface area contributed by atoms with E-state index in [4.69, 9.17) is 4.74 Å². The summed E-state index contributed by atoms with van der Waals surface area (Å²) in [6.07, 6.45) is 0.549. The van der Waals surface area contributed by atoms with Crippen LogP contribution >= 0.6 is 15.9 Å². The molecule has 0 atom stereocenters. The maximum absolute atomic E-state index is 11.9. The average molecular weight is 341 g/mol. The lowest BCUT2D eigenvalue weighted by molar-refractivity contribution is -0.135. The number of rotatable bonds is 5. The molecule has 0 saturated carbocycles. The highest BCUT2D eigenvalue weighted by molar-refractivity contribution is 9.10. The van der Waals surface area contributed by atoms with Crippen LogP contribution in [0.15, 0.2) is 22.7 Å². The topological polar surface area (TPSA) is 41.6 Å². The Morgan fingerprint density at radius 3 is 2.85 bits per heavy atom. The van der Waals surface area contributed by atoms with Gasteiger partial charge in [-0.2, -0.15) is 0 Å². The molecule has 20 heavy (non-hydrogen) atoms. The summed E-state index contributed by atoms with van der Waals surface area (Å²) >= 11 is 3.53. The van der Waals surface area contributed by atoms with E-state index < -0.39 is 0 Å². The van der Waals surface area contributed by atoms with E-state index in [2.05, 4.69) is 46.4 Å². The van der Waals surface area contributed by atoms with Crippen molar-refractivity contribution < 1.29 is 9.53 Å². The second-order valence-electron chi connectivity index (χ2n) is 5.00. The average Bonchev–Trinajstić information content (AvgIpc) is 2.48. The van der Waals surface area contributed by atoms with E-state index in [1.165, 1.54) is 11.1 Å². The Bertz CT molecular complexity index is 459. The first-order chi connectivity index (χ1) is 9.66. The van der Waals surface area contributed by atoms with E-state index in [9.17, 15) is 4.79 Å². The van der Waals surface area contributed by atoms with E-state index in [0.29, 0.717) is 26.2 Å². The number of hydrogen-bond acceptors (Lipinski definition) is 3. The molecule has 0 spiro atoms. The molecule has 1 heterocycles. The molecule has 0 bridgehead atoms. The number of halogens is 1. The van der Waals surface area contributed by atoms with Crippen molar-refractivity contribution in [3.8, 4) is 0 Å². The number of carbonyl (C=O) groups excluding carboxylic acids is 1. The largest absolute Gasteiger partial charge is 0.378 e. The summed E-state index contributed by atoms with van der Waals surface area (Å²) in [5, 5.41) is 3.32. The second-order valence-corrected chi connectivity index (χ2v) is 5.86. The van der Waals surface area contributed by atoms with E-state index in [-0.39, 0.29) is 5.91 Å². The Hall–Kier alpha value is -0.910. The Balaban J connectivity index is 1.68. The van der Waals surface area contributed by atoms with Gasteiger partial charge in [-0.25, -0.2) is 0 Å². The molecule has 1 fully saturated rings. The number of aryl methyl sites for hydroxylation is 1. The van der Waals surface area contributed by atoms with Crippen molar-refractivity contribution in [2.75, 3.05) is 32.8 Å². The van der Waals surface area contributed by atoms with Crippen molar-refractivity contribution in [1.29, 1.82) is 0 Å². The van der Waals surface area contributed by atoms with Crippen LogP contribution < -0.4 is 5.32 Å². The van der Waals surface area contributed by atoms with Gasteiger partial charge in [-0.05, 0) is 24.1 Å². The van der Waals surface area contributed by atoms with Crippen molar-refractivity contribution in [1.82, 2.24) is 10.2 Å². The van der Waals surface area contributed by atoms with Gasteiger partial charge < -0.3 is 15.0 Å². The molecule has 1 N–H and O–H groups in total. The number of ether oxygens (including phenoxy) is 1. The minimum atomic E-state index is 0.214. The van der Waals surface area contributed by atoms with Gasteiger partial charge in [-0.15, -0.1) is 0 Å². The number of amides is 1. The zero-order chi connectivity index (χ0) is 14.4. The molecule has 1 saturated heterocycles. The molecule has 0 unspecified atom stereocenters. The number of carbonyl (C=O) groups is 1. The zero-order valence-corrected chi connectivity index (χ0v) is 13.4. The van der Waals surface area contributed by atoms with E-state index >= 15 is 0 Å². The minimum Gasteiger partial charge on any atom is -0.378 e. The van der Waals surface area contributed by atoms with Crippen molar-refractivity contribution in [3.05, 3.63) is 33.8 Å². The molecule has 1 aromatic rings. The third-order valence-electron chi connectivity index (χ3n) is 3.44. The quantitative estimate of drug-likeness (QED) is 0.834. The SMILES string of the molecule is Cc1ccc(CNCCC(=O)N2CCOCC2)cc1Br. The van der Waals surface area contributed by atoms with Gasteiger partial charge in [0.15, 0.2) is 0 Å². The first-order valence-electron chi connectivity index (χ1n) is 6.98. The van der Waals surface area contributed by atoms with Gasteiger partial charge in [0.2, 0.25) is 5.91 Å². The van der Waals surface area contributed by atoms with Gasteiger partial charge in [0.25, 0.3) is 0 Å². The summed E-state index contributed by atoms with van der Waals surface area (Å²) in [6, 6.07) is 6.32. The van der Waals surface area contributed by atoms with Crippen LogP contribution in [0.3, 0.4) is 0 Å². The van der Waals surface area contributed by atoms with E-state index in [1.807, 2.05) is 4.90 Å². The molecule has 1 aliphatic rings. The fourth-order valence-electron chi connectivity index (χ4n) is 2.15. The molecule has 0 radical (unpaired) electrons. The van der Waals surface area contributed by atoms with Crippen molar-refractivity contribution in [3.63, 3.8) is 0 Å². The second kappa shape index (κ2) is 7.76. The Morgan fingerprint density at radius 2 is 2.15 bits per heavy atom. The summed E-state index contributed by atoms with van der Waals surface area (Å²) in [5.41, 5.74) is 2.46. The molecule has 1 aromatic carbocycles. The summed E-state index contributed by atoms with van der Waals surface area (Å²) in [6.45, 7) is 6.35. The number of nitrogens with zero attached hydrogens (tertiary/aromatic N) is 1. The van der Waals surface area contributed by atoms with Gasteiger partial charge in [-0.1, -0.05) is 28.1 Å². The Labute approximate surface area is 128 Å². The van der Waals surface area contributed by atoms with Gasteiger partial charge in [0.1, 0.15) is 0 Å². The Kier molecular flexibility index (Phi) is 6.01. The molecule has 4 nitrogen and oxygen atoms in total. The fourth-order valence-corrected chi connectivity index (χ4v) is 2.57.